The van der Waals surface area contributed by atoms with Crippen LogP contribution in [0.4, 0.5) is 34.1 Å². The molecule has 24 rings (SSSR count). The fraction of sp³-hybridized carbons (Fsp3) is 0. The molecule has 0 fully saturated rings. The SMILES string of the molecule is c1cc(-c2ccc(N(c3ccccc3-c3cccc4c3oc3cc5cc(-c6ccc(-c7ccc(-c8ccc(N(c9ccccc9-c9cccc%10c9oc9cc%11ccccc%11cc9%10)c9cccc%10oc%11ccccc%11c9%10)cc8)cc7)c7ccccc67)ccc5cc34)c3cccc4oc5ccccc5c34)cc2)cc(-c2cccc3ccccc23)c1. The Morgan fingerprint density at radius 3 is 1.09 bits per heavy atom. The zero-order chi connectivity index (χ0) is 77.5. The Balaban J connectivity index is 0.554. The van der Waals surface area contributed by atoms with Crippen LogP contribution in [-0.2, 0) is 0 Å². The molecular weight excluding hydrogens is 1440 g/mol. The molecule has 118 heavy (non-hydrogen) atoms. The van der Waals surface area contributed by atoms with E-state index in [4.69, 9.17) is 17.7 Å². The van der Waals surface area contributed by atoms with E-state index >= 15 is 0 Å². The lowest BCUT2D eigenvalue weighted by atomic mass is 9.90. The van der Waals surface area contributed by atoms with Crippen LogP contribution in [0.25, 0.3) is 209 Å². The smallest absolute Gasteiger partial charge is 0.143 e. The molecule has 4 aromatic heterocycles. The van der Waals surface area contributed by atoms with Crippen molar-refractivity contribution in [2.24, 2.45) is 0 Å². The number of rotatable bonds is 13. The van der Waals surface area contributed by atoms with Crippen LogP contribution in [0.2, 0.25) is 0 Å². The lowest BCUT2D eigenvalue weighted by Crippen LogP contribution is -2.11. The second-order valence-electron chi connectivity index (χ2n) is 30.9. The largest absolute Gasteiger partial charge is 0.456 e. The number of nitrogens with zero attached hydrogens (tertiary/aromatic N) is 2. The predicted molar refractivity (Wildman–Crippen MR) is 493 cm³/mol. The Hall–Kier alpha value is -15.8. The standard InChI is InChI=1S/C112H68N2O4/c1-2-23-76-67-107-97(65-75(76)22-1)93-37-17-35-91(111(93)117-107)89-30-7-11-39-99(89)113(101-41-19-45-105-109(101)95-32-9-13-43-103(95)115-105)81-57-53-70(54-58-81)69-47-49-73(50-48-69)85-61-62-86(88-29-6-5-28-87(85)88)79-52-51-77-66-98-94-38-18-36-92(112(94)118-108(98)68-80(77)64-79)90-31-8-12-40-100(90)114(102-42-20-46-106-110(102)96-33-10-14-44-104(96)116-106)82-59-55-71(56-60-82)74-25-15-26-78(63-74)84-34-16-24-72-21-3-4-27-83(72)84/h1-68H. The maximum Gasteiger partial charge on any atom is 0.143 e. The molecule has 6 nitrogen and oxygen atoms in total. The van der Waals surface area contributed by atoms with Gasteiger partial charge in [0.05, 0.1) is 33.5 Å². The third-order valence-electron chi connectivity index (χ3n) is 24.2. The molecule has 0 aliphatic carbocycles. The molecule has 0 saturated heterocycles. The van der Waals surface area contributed by atoms with Crippen LogP contribution in [0.3, 0.4) is 0 Å². The summed E-state index contributed by atoms with van der Waals surface area (Å²) in [7, 11) is 0. The van der Waals surface area contributed by atoms with Crippen molar-refractivity contribution in [1.29, 1.82) is 0 Å². The van der Waals surface area contributed by atoms with Gasteiger partial charge in [-0.2, -0.15) is 0 Å². The number of anilines is 6. The zero-order valence-electron chi connectivity index (χ0n) is 63.8. The monoisotopic (exact) mass is 1500 g/mol. The van der Waals surface area contributed by atoms with E-state index in [0.29, 0.717) is 0 Å². The molecule has 0 saturated carbocycles. The molecule has 0 aliphatic heterocycles. The van der Waals surface area contributed by atoms with Crippen molar-refractivity contribution < 1.29 is 17.7 Å². The summed E-state index contributed by atoms with van der Waals surface area (Å²) in [4.78, 5) is 4.79. The highest BCUT2D eigenvalue weighted by atomic mass is 16.3. The number of fused-ring (bicyclic) bond motifs is 16. The second-order valence-corrected chi connectivity index (χ2v) is 30.9. The van der Waals surface area contributed by atoms with Crippen LogP contribution < -0.4 is 9.80 Å². The molecule has 4 heterocycles. The summed E-state index contributed by atoms with van der Waals surface area (Å²) < 4.78 is 27.3. The van der Waals surface area contributed by atoms with Crippen LogP contribution in [-0.4, -0.2) is 0 Å². The summed E-state index contributed by atoms with van der Waals surface area (Å²) in [6.45, 7) is 0. The van der Waals surface area contributed by atoms with Crippen LogP contribution in [0.5, 0.6) is 0 Å². The second kappa shape index (κ2) is 27.0. The van der Waals surface area contributed by atoms with Gasteiger partial charge >= 0.3 is 0 Å². The average molecular weight is 1510 g/mol. The summed E-state index contributed by atoms with van der Waals surface area (Å²) in [5, 5.41) is 17.9. The summed E-state index contributed by atoms with van der Waals surface area (Å²) in [6, 6.07) is 149. The molecule has 0 radical (unpaired) electrons. The lowest BCUT2D eigenvalue weighted by molar-refractivity contribution is 0.668. The van der Waals surface area contributed by atoms with Gasteiger partial charge in [0.25, 0.3) is 0 Å². The normalized spacial score (nSPS) is 11.9. The summed E-state index contributed by atoms with van der Waals surface area (Å²) in [5.74, 6) is 0. The first-order chi connectivity index (χ1) is 58.5. The van der Waals surface area contributed by atoms with Gasteiger partial charge < -0.3 is 27.5 Å². The van der Waals surface area contributed by atoms with E-state index in [1.165, 1.54) is 49.2 Å². The molecule has 24 aromatic rings. The Kier molecular flexibility index (Phi) is 15.3. The molecule has 550 valence electrons. The lowest BCUT2D eigenvalue weighted by Gasteiger charge is -2.28. The van der Waals surface area contributed by atoms with Gasteiger partial charge in [0.2, 0.25) is 0 Å². The van der Waals surface area contributed by atoms with Crippen molar-refractivity contribution >= 4 is 165 Å². The molecule has 0 unspecified atom stereocenters. The molecule has 6 heteroatoms. The van der Waals surface area contributed by atoms with Gasteiger partial charge in [-0.05, 0) is 208 Å². The van der Waals surface area contributed by atoms with Crippen molar-refractivity contribution in [1.82, 2.24) is 0 Å². The van der Waals surface area contributed by atoms with Crippen LogP contribution in [0.15, 0.2) is 430 Å². The first kappa shape index (κ1) is 66.8. The van der Waals surface area contributed by atoms with E-state index in [2.05, 4.69) is 410 Å². The minimum atomic E-state index is 0.826. The fourth-order valence-corrected chi connectivity index (χ4v) is 18.7. The van der Waals surface area contributed by atoms with E-state index in [9.17, 15) is 0 Å². The summed E-state index contributed by atoms with van der Waals surface area (Å²) in [6.07, 6.45) is 0. The molecule has 0 N–H and O–H groups in total. The van der Waals surface area contributed by atoms with Gasteiger partial charge in [-0.1, -0.05) is 303 Å². The Morgan fingerprint density at radius 2 is 0.508 bits per heavy atom. The number of hydrogen-bond acceptors (Lipinski definition) is 6. The van der Waals surface area contributed by atoms with Crippen molar-refractivity contribution in [2.75, 3.05) is 9.80 Å². The van der Waals surface area contributed by atoms with E-state index in [1.807, 2.05) is 12.1 Å². The molecule has 0 spiro atoms. The third kappa shape index (κ3) is 10.9. The van der Waals surface area contributed by atoms with Crippen LogP contribution >= 0.6 is 0 Å². The third-order valence-corrected chi connectivity index (χ3v) is 24.2. The Labute approximate surface area is 678 Å². The van der Waals surface area contributed by atoms with Gasteiger partial charge in [0, 0.05) is 65.9 Å². The summed E-state index contributed by atoms with van der Waals surface area (Å²) in [5.41, 5.74) is 28.4. The first-order valence-electron chi connectivity index (χ1n) is 40.2. The number of furan rings is 4. The van der Waals surface area contributed by atoms with Gasteiger partial charge in [0.15, 0.2) is 0 Å². The van der Waals surface area contributed by atoms with E-state index in [0.717, 1.165) is 194 Å². The van der Waals surface area contributed by atoms with Crippen molar-refractivity contribution in [3.63, 3.8) is 0 Å². The van der Waals surface area contributed by atoms with Crippen molar-refractivity contribution in [3.8, 4) is 77.9 Å². The predicted octanol–water partition coefficient (Wildman–Crippen LogP) is 32.5. The number of benzene rings is 20. The molecular formula is C112H68N2O4. The number of para-hydroxylation sites is 6. The van der Waals surface area contributed by atoms with Gasteiger partial charge in [-0.25, -0.2) is 0 Å². The van der Waals surface area contributed by atoms with E-state index in [-0.39, 0.29) is 0 Å². The van der Waals surface area contributed by atoms with Gasteiger partial charge in [0.1, 0.15) is 44.7 Å². The Bertz CT molecular complexity index is 8200. The fourth-order valence-electron chi connectivity index (χ4n) is 18.7. The van der Waals surface area contributed by atoms with Gasteiger partial charge in [-0.3, -0.25) is 0 Å². The van der Waals surface area contributed by atoms with Gasteiger partial charge in [-0.15, -0.1) is 0 Å². The van der Waals surface area contributed by atoms with Crippen LogP contribution in [0, 0.1) is 0 Å². The zero-order valence-corrected chi connectivity index (χ0v) is 63.8. The van der Waals surface area contributed by atoms with Crippen molar-refractivity contribution in [2.45, 2.75) is 0 Å². The quantitative estimate of drug-likeness (QED) is 0.115. The molecule has 0 bridgehead atoms. The highest BCUT2D eigenvalue weighted by molar-refractivity contribution is 6.20. The molecule has 0 atom stereocenters. The van der Waals surface area contributed by atoms with E-state index < -0.39 is 0 Å². The number of hydrogen-bond donors (Lipinski definition) is 0. The van der Waals surface area contributed by atoms with Crippen molar-refractivity contribution in [3.05, 3.63) is 413 Å². The highest BCUT2D eigenvalue weighted by Gasteiger charge is 2.28. The minimum Gasteiger partial charge on any atom is -0.456 e. The van der Waals surface area contributed by atoms with Crippen LogP contribution in [0.1, 0.15) is 0 Å². The summed E-state index contributed by atoms with van der Waals surface area (Å²) >= 11 is 0. The van der Waals surface area contributed by atoms with E-state index in [1.54, 1.807) is 0 Å². The molecule has 0 aliphatic rings. The Morgan fingerprint density at radius 1 is 0.153 bits per heavy atom. The molecule has 0 amide bonds. The molecule has 20 aromatic carbocycles. The maximum atomic E-state index is 7.23. The minimum absolute atomic E-state index is 0.826. The average Bonchev–Trinajstić information content (AvgIpc) is 1.57. The maximum absolute atomic E-state index is 7.23. The topological polar surface area (TPSA) is 59.0 Å². The highest BCUT2D eigenvalue weighted by Crippen LogP contribution is 2.52. The first-order valence-corrected chi connectivity index (χ1v) is 40.2.